The van der Waals surface area contributed by atoms with Crippen molar-refractivity contribution >= 4 is 11.8 Å². The maximum absolute atomic E-state index is 12.8. The van der Waals surface area contributed by atoms with E-state index in [1.165, 1.54) is 0 Å². The highest BCUT2D eigenvalue weighted by molar-refractivity contribution is 5.78. The van der Waals surface area contributed by atoms with Crippen LogP contribution in [0.15, 0.2) is 24.3 Å². The Balaban J connectivity index is 1.47. The van der Waals surface area contributed by atoms with Gasteiger partial charge in [-0.05, 0) is 49.8 Å². The first-order valence-corrected chi connectivity index (χ1v) is 11.0. The van der Waals surface area contributed by atoms with E-state index in [0.29, 0.717) is 38.9 Å². The highest BCUT2D eigenvalue weighted by Gasteiger charge is 2.34. The summed E-state index contributed by atoms with van der Waals surface area (Å²) < 4.78 is 5.17. The molecule has 0 radical (unpaired) electrons. The molecule has 7 nitrogen and oxygen atoms in total. The van der Waals surface area contributed by atoms with Gasteiger partial charge in [-0.3, -0.25) is 9.59 Å². The minimum atomic E-state index is -0.754. The maximum atomic E-state index is 12.8. The van der Waals surface area contributed by atoms with Crippen molar-refractivity contribution in [3.8, 4) is 5.75 Å². The predicted octanol–water partition coefficient (Wildman–Crippen LogP) is 1.58. The minimum absolute atomic E-state index is 0.0234. The summed E-state index contributed by atoms with van der Waals surface area (Å²) in [5.41, 5.74) is 0.220. The van der Waals surface area contributed by atoms with Crippen molar-refractivity contribution in [2.45, 2.75) is 57.1 Å². The summed E-state index contributed by atoms with van der Waals surface area (Å²) in [5.74, 6) is 0.919. The maximum Gasteiger partial charge on any atom is 0.226 e. The van der Waals surface area contributed by atoms with Crippen LogP contribution in [0.4, 0.5) is 0 Å². The second-order valence-corrected chi connectivity index (χ2v) is 8.73. The van der Waals surface area contributed by atoms with E-state index in [2.05, 4.69) is 10.2 Å². The van der Waals surface area contributed by atoms with Crippen LogP contribution in [0.25, 0.3) is 0 Å². The van der Waals surface area contributed by atoms with Gasteiger partial charge >= 0.3 is 0 Å². The average molecular weight is 418 g/mol. The molecule has 0 bridgehead atoms. The van der Waals surface area contributed by atoms with Crippen molar-refractivity contribution in [3.05, 3.63) is 29.8 Å². The first-order valence-electron chi connectivity index (χ1n) is 11.0. The van der Waals surface area contributed by atoms with Crippen LogP contribution in [0, 0.1) is 0 Å². The molecule has 2 aliphatic rings. The monoisotopic (exact) mass is 417 g/mol. The Morgan fingerprint density at radius 2 is 1.83 bits per heavy atom. The fraction of sp³-hybridized carbons (Fsp3) is 0.652. The normalized spacial score (nSPS) is 23.6. The third-order valence-electron chi connectivity index (χ3n) is 6.30. The SMILES string of the molecule is COc1ccc(CC(=O)N2CCCC(O)(CN3CCC(NC(C)=O)CC3)CC2)cc1. The van der Waals surface area contributed by atoms with Crippen molar-refractivity contribution in [2.75, 3.05) is 39.8 Å². The van der Waals surface area contributed by atoms with Gasteiger partial charge in [-0.15, -0.1) is 0 Å². The third kappa shape index (κ3) is 6.44. The third-order valence-corrected chi connectivity index (χ3v) is 6.30. The molecule has 2 aliphatic heterocycles. The van der Waals surface area contributed by atoms with E-state index in [-0.39, 0.29) is 17.9 Å². The molecule has 2 saturated heterocycles. The zero-order chi connectivity index (χ0) is 21.6. The molecule has 2 N–H and O–H groups in total. The van der Waals surface area contributed by atoms with Gasteiger partial charge in [0.2, 0.25) is 11.8 Å². The number of hydrogen-bond donors (Lipinski definition) is 2. The summed E-state index contributed by atoms with van der Waals surface area (Å²) in [6, 6.07) is 7.84. The van der Waals surface area contributed by atoms with Crippen LogP contribution in [0.3, 0.4) is 0 Å². The van der Waals surface area contributed by atoms with Crippen molar-refractivity contribution in [3.63, 3.8) is 0 Å². The predicted molar refractivity (Wildman–Crippen MR) is 115 cm³/mol. The second kappa shape index (κ2) is 10.3. The zero-order valence-electron chi connectivity index (χ0n) is 18.2. The molecule has 3 rings (SSSR count). The molecule has 30 heavy (non-hydrogen) atoms. The van der Waals surface area contributed by atoms with Gasteiger partial charge in [-0.1, -0.05) is 12.1 Å². The number of methoxy groups -OCH3 is 1. The number of rotatable bonds is 6. The summed E-state index contributed by atoms with van der Waals surface area (Å²) in [6.45, 7) is 5.25. The number of piperidine rings is 1. The van der Waals surface area contributed by atoms with Crippen LogP contribution >= 0.6 is 0 Å². The Hall–Kier alpha value is -2.12. The molecule has 2 amide bonds. The van der Waals surface area contributed by atoms with Gasteiger partial charge in [0.05, 0.1) is 19.1 Å². The zero-order valence-corrected chi connectivity index (χ0v) is 18.2. The Kier molecular flexibility index (Phi) is 7.72. The number of hydrogen-bond acceptors (Lipinski definition) is 5. The number of nitrogens with one attached hydrogen (secondary N) is 1. The molecule has 1 aromatic rings. The van der Waals surface area contributed by atoms with Gasteiger partial charge in [0.25, 0.3) is 0 Å². The van der Waals surface area contributed by atoms with Crippen LogP contribution in [0.1, 0.15) is 44.6 Å². The van der Waals surface area contributed by atoms with E-state index >= 15 is 0 Å². The van der Waals surface area contributed by atoms with Gasteiger partial charge in [-0.25, -0.2) is 0 Å². The molecule has 0 aromatic heterocycles. The van der Waals surface area contributed by atoms with Crippen LogP contribution in [0.2, 0.25) is 0 Å². The Labute approximate surface area is 179 Å². The fourth-order valence-corrected chi connectivity index (χ4v) is 4.56. The molecule has 1 unspecified atom stereocenters. The van der Waals surface area contributed by atoms with Crippen LogP contribution in [-0.4, -0.2) is 78.2 Å². The number of amides is 2. The lowest BCUT2D eigenvalue weighted by atomic mass is 9.93. The second-order valence-electron chi connectivity index (χ2n) is 8.73. The van der Waals surface area contributed by atoms with Crippen LogP contribution in [-0.2, 0) is 16.0 Å². The highest BCUT2D eigenvalue weighted by atomic mass is 16.5. The number of nitrogens with zero attached hydrogens (tertiary/aromatic N) is 2. The minimum Gasteiger partial charge on any atom is -0.497 e. The molecular formula is C23H35N3O4. The lowest BCUT2D eigenvalue weighted by Crippen LogP contribution is -2.50. The van der Waals surface area contributed by atoms with E-state index in [4.69, 9.17) is 4.74 Å². The van der Waals surface area contributed by atoms with E-state index in [1.54, 1.807) is 14.0 Å². The van der Waals surface area contributed by atoms with Crippen LogP contribution < -0.4 is 10.1 Å². The summed E-state index contributed by atoms with van der Waals surface area (Å²) >= 11 is 0. The largest absolute Gasteiger partial charge is 0.497 e. The average Bonchev–Trinajstić information content (AvgIpc) is 2.91. The first-order chi connectivity index (χ1) is 14.4. The molecule has 1 aromatic carbocycles. The van der Waals surface area contributed by atoms with Gasteiger partial charge in [0.15, 0.2) is 0 Å². The van der Waals surface area contributed by atoms with E-state index < -0.39 is 5.60 Å². The number of likely N-dealkylation sites (tertiary alicyclic amines) is 2. The smallest absolute Gasteiger partial charge is 0.226 e. The number of aliphatic hydroxyl groups is 1. The fourth-order valence-electron chi connectivity index (χ4n) is 4.56. The van der Waals surface area contributed by atoms with E-state index in [1.807, 2.05) is 29.2 Å². The van der Waals surface area contributed by atoms with E-state index in [9.17, 15) is 14.7 Å². The summed E-state index contributed by atoms with van der Waals surface area (Å²) in [4.78, 5) is 28.2. The Morgan fingerprint density at radius 1 is 1.13 bits per heavy atom. The molecule has 7 heteroatoms. The van der Waals surface area contributed by atoms with Crippen molar-refractivity contribution in [1.29, 1.82) is 0 Å². The Bertz CT molecular complexity index is 716. The number of benzene rings is 1. The molecule has 0 spiro atoms. The summed E-state index contributed by atoms with van der Waals surface area (Å²) in [5, 5.41) is 14.2. The lowest BCUT2D eigenvalue weighted by molar-refractivity contribution is -0.130. The standard InChI is InChI=1S/C23H35N3O4/c1-18(27)24-20-8-13-25(14-9-20)17-23(29)10-3-12-26(15-11-23)22(28)16-19-4-6-21(30-2)7-5-19/h4-7,20,29H,3,8-17H2,1-2H3,(H,24,27). The van der Waals surface area contributed by atoms with Gasteiger partial charge in [-0.2, -0.15) is 0 Å². The molecule has 2 heterocycles. The van der Waals surface area contributed by atoms with Gasteiger partial charge in [0.1, 0.15) is 5.75 Å². The van der Waals surface area contributed by atoms with Crippen molar-refractivity contribution in [1.82, 2.24) is 15.1 Å². The first kappa shape index (κ1) is 22.6. The van der Waals surface area contributed by atoms with Gasteiger partial charge in [0, 0.05) is 45.7 Å². The van der Waals surface area contributed by atoms with Crippen molar-refractivity contribution in [2.24, 2.45) is 0 Å². The summed E-state index contributed by atoms with van der Waals surface area (Å²) in [7, 11) is 1.63. The number of ether oxygens (including phenoxy) is 1. The molecule has 0 aliphatic carbocycles. The molecule has 1 atom stereocenters. The number of carbonyl (C=O) groups is 2. The number of carbonyl (C=O) groups excluding carboxylic acids is 2. The Morgan fingerprint density at radius 3 is 2.47 bits per heavy atom. The van der Waals surface area contributed by atoms with Crippen molar-refractivity contribution < 1.29 is 19.4 Å². The van der Waals surface area contributed by atoms with Crippen LogP contribution in [0.5, 0.6) is 5.75 Å². The number of β-amino-alcohol motifs (C(OH)–C–C–N with tert-alkyl or cyclic N) is 1. The quantitative estimate of drug-likeness (QED) is 0.735. The van der Waals surface area contributed by atoms with E-state index in [0.717, 1.165) is 43.7 Å². The molecule has 0 saturated carbocycles. The highest BCUT2D eigenvalue weighted by Crippen LogP contribution is 2.25. The van der Waals surface area contributed by atoms with Gasteiger partial charge < -0.3 is 25.0 Å². The molecule has 166 valence electrons. The lowest BCUT2D eigenvalue weighted by Gasteiger charge is -2.38. The molecular weight excluding hydrogens is 382 g/mol. The topological polar surface area (TPSA) is 82.1 Å². The molecule has 2 fully saturated rings. The summed E-state index contributed by atoms with van der Waals surface area (Å²) in [6.07, 6.45) is 4.34.